The maximum atomic E-state index is 9.95. The molecule has 0 saturated carbocycles. The fourth-order valence-corrected chi connectivity index (χ4v) is 1.98. The van der Waals surface area contributed by atoms with Crippen molar-refractivity contribution in [2.75, 3.05) is 13.7 Å². The standard InChI is InChI=1S/C13H19ClO3/c1-4-6-11(15)9-7-10(14)13(16-3)12(8-9)17-5-2/h7-8,11,15H,4-6H2,1-3H3. The van der Waals surface area contributed by atoms with Crippen LogP contribution < -0.4 is 9.47 Å². The largest absolute Gasteiger partial charge is 0.491 e. The topological polar surface area (TPSA) is 38.7 Å². The van der Waals surface area contributed by atoms with Gasteiger partial charge in [0.15, 0.2) is 11.5 Å². The Morgan fingerprint density at radius 1 is 1.35 bits per heavy atom. The van der Waals surface area contributed by atoms with Crippen molar-refractivity contribution in [3.8, 4) is 11.5 Å². The fourth-order valence-electron chi connectivity index (χ4n) is 1.68. The Morgan fingerprint density at radius 2 is 2.06 bits per heavy atom. The summed E-state index contributed by atoms with van der Waals surface area (Å²) in [4.78, 5) is 0. The molecule has 0 fully saturated rings. The van der Waals surface area contributed by atoms with Gasteiger partial charge in [0.25, 0.3) is 0 Å². The van der Waals surface area contributed by atoms with Crippen LogP contribution in [-0.4, -0.2) is 18.8 Å². The van der Waals surface area contributed by atoms with Crippen molar-refractivity contribution in [1.29, 1.82) is 0 Å². The third-order valence-corrected chi connectivity index (χ3v) is 2.76. The second-order valence-electron chi connectivity index (χ2n) is 3.77. The Balaban J connectivity index is 3.09. The molecular weight excluding hydrogens is 240 g/mol. The first-order chi connectivity index (χ1) is 8.13. The molecule has 17 heavy (non-hydrogen) atoms. The molecule has 1 aromatic carbocycles. The first-order valence-corrected chi connectivity index (χ1v) is 6.20. The van der Waals surface area contributed by atoms with E-state index in [0.29, 0.717) is 29.5 Å². The van der Waals surface area contributed by atoms with Crippen LogP contribution in [-0.2, 0) is 0 Å². The van der Waals surface area contributed by atoms with Gasteiger partial charge in [-0.15, -0.1) is 0 Å². The highest BCUT2D eigenvalue weighted by molar-refractivity contribution is 6.32. The Morgan fingerprint density at radius 3 is 2.59 bits per heavy atom. The molecule has 0 spiro atoms. The Labute approximate surface area is 107 Å². The summed E-state index contributed by atoms with van der Waals surface area (Å²) in [5, 5.41) is 10.4. The number of aliphatic hydroxyl groups is 1. The van der Waals surface area contributed by atoms with Crippen LogP contribution >= 0.6 is 11.6 Å². The molecule has 0 aromatic heterocycles. The molecule has 0 amide bonds. The van der Waals surface area contributed by atoms with Crippen molar-refractivity contribution < 1.29 is 14.6 Å². The lowest BCUT2D eigenvalue weighted by Crippen LogP contribution is -2.01. The SMILES string of the molecule is CCCC(O)c1cc(Cl)c(OC)c(OCC)c1. The molecular formula is C13H19ClO3. The molecule has 0 aliphatic carbocycles. The Hall–Kier alpha value is -0.930. The number of halogens is 1. The number of rotatable bonds is 6. The molecule has 1 rings (SSSR count). The highest BCUT2D eigenvalue weighted by atomic mass is 35.5. The number of ether oxygens (including phenoxy) is 2. The van der Waals surface area contributed by atoms with Gasteiger partial charge in [0.2, 0.25) is 0 Å². The zero-order valence-electron chi connectivity index (χ0n) is 10.5. The lowest BCUT2D eigenvalue weighted by Gasteiger charge is -2.15. The van der Waals surface area contributed by atoms with Crippen LogP contribution in [0.3, 0.4) is 0 Å². The molecule has 0 heterocycles. The van der Waals surface area contributed by atoms with Gasteiger partial charge in [-0.1, -0.05) is 24.9 Å². The molecule has 1 N–H and O–H groups in total. The van der Waals surface area contributed by atoms with Gasteiger partial charge in [0.05, 0.1) is 24.8 Å². The van der Waals surface area contributed by atoms with Crippen molar-refractivity contribution in [3.05, 3.63) is 22.7 Å². The van der Waals surface area contributed by atoms with Crippen LogP contribution in [0, 0.1) is 0 Å². The van der Waals surface area contributed by atoms with Crippen molar-refractivity contribution in [3.63, 3.8) is 0 Å². The van der Waals surface area contributed by atoms with E-state index in [-0.39, 0.29) is 0 Å². The summed E-state index contributed by atoms with van der Waals surface area (Å²) >= 11 is 6.10. The van der Waals surface area contributed by atoms with Gasteiger partial charge in [-0.3, -0.25) is 0 Å². The summed E-state index contributed by atoms with van der Waals surface area (Å²) < 4.78 is 10.6. The maximum absolute atomic E-state index is 9.95. The van der Waals surface area contributed by atoms with E-state index in [1.807, 2.05) is 13.8 Å². The minimum Gasteiger partial charge on any atom is -0.491 e. The predicted octanol–water partition coefficient (Wildman–Crippen LogP) is 3.58. The predicted molar refractivity (Wildman–Crippen MR) is 69.0 cm³/mol. The zero-order chi connectivity index (χ0) is 12.8. The quantitative estimate of drug-likeness (QED) is 0.848. The summed E-state index contributed by atoms with van der Waals surface area (Å²) in [6, 6.07) is 3.51. The molecule has 1 atom stereocenters. The molecule has 0 saturated heterocycles. The lowest BCUT2D eigenvalue weighted by molar-refractivity contribution is 0.165. The smallest absolute Gasteiger partial charge is 0.179 e. The molecule has 0 aliphatic rings. The molecule has 0 aliphatic heterocycles. The average molecular weight is 259 g/mol. The molecule has 0 bridgehead atoms. The van der Waals surface area contributed by atoms with Gasteiger partial charge in [0.1, 0.15) is 0 Å². The van der Waals surface area contributed by atoms with Crippen LogP contribution in [0.2, 0.25) is 5.02 Å². The second kappa shape index (κ2) is 6.72. The minimum atomic E-state index is -0.511. The summed E-state index contributed by atoms with van der Waals surface area (Å²) in [6.45, 7) is 4.44. The molecule has 96 valence electrons. The van der Waals surface area contributed by atoms with Crippen molar-refractivity contribution in [1.82, 2.24) is 0 Å². The molecule has 1 aromatic rings. The van der Waals surface area contributed by atoms with Gasteiger partial charge in [0, 0.05) is 0 Å². The highest BCUT2D eigenvalue weighted by Gasteiger charge is 2.15. The van der Waals surface area contributed by atoms with Crippen molar-refractivity contribution in [2.45, 2.75) is 32.8 Å². The van der Waals surface area contributed by atoms with Gasteiger partial charge in [-0.2, -0.15) is 0 Å². The molecule has 1 unspecified atom stereocenters. The second-order valence-corrected chi connectivity index (χ2v) is 4.18. The van der Waals surface area contributed by atoms with Crippen LogP contribution in [0.1, 0.15) is 38.4 Å². The van der Waals surface area contributed by atoms with E-state index in [1.54, 1.807) is 19.2 Å². The number of benzene rings is 1. The van der Waals surface area contributed by atoms with Crippen LogP contribution in [0.15, 0.2) is 12.1 Å². The summed E-state index contributed by atoms with van der Waals surface area (Å²) in [6.07, 6.45) is 1.10. The van der Waals surface area contributed by atoms with E-state index >= 15 is 0 Å². The maximum Gasteiger partial charge on any atom is 0.179 e. The summed E-state index contributed by atoms with van der Waals surface area (Å²) in [5.74, 6) is 1.09. The minimum absolute atomic E-state index is 0.462. The van der Waals surface area contributed by atoms with E-state index < -0.39 is 6.10 Å². The lowest BCUT2D eigenvalue weighted by atomic mass is 10.0. The van der Waals surface area contributed by atoms with Gasteiger partial charge in [-0.05, 0) is 31.0 Å². The first kappa shape index (κ1) is 14.1. The van der Waals surface area contributed by atoms with E-state index in [0.717, 1.165) is 12.0 Å². The summed E-state index contributed by atoms with van der Waals surface area (Å²) in [7, 11) is 1.55. The van der Waals surface area contributed by atoms with E-state index in [2.05, 4.69) is 0 Å². The van der Waals surface area contributed by atoms with Gasteiger partial charge >= 0.3 is 0 Å². The highest BCUT2D eigenvalue weighted by Crippen LogP contribution is 2.38. The van der Waals surface area contributed by atoms with Crippen LogP contribution in [0.4, 0.5) is 0 Å². The average Bonchev–Trinajstić information content (AvgIpc) is 2.29. The number of hydrogen-bond acceptors (Lipinski definition) is 3. The normalized spacial score (nSPS) is 12.3. The van der Waals surface area contributed by atoms with E-state index in [9.17, 15) is 5.11 Å². The fraction of sp³-hybridized carbons (Fsp3) is 0.538. The van der Waals surface area contributed by atoms with Crippen LogP contribution in [0.25, 0.3) is 0 Å². The Kier molecular flexibility index (Phi) is 5.59. The Bertz CT molecular complexity index is 366. The van der Waals surface area contributed by atoms with Gasteiger partial charge in [-0.25, -0.2) is 0 Å². The summed E-state index contributed by atoms with van der Waals surface area (Å²) in [5.41, 5.74) is 0.765. The third-order valence-electron chi connectivity index (χ3n) is 2.48. The monoisotopic (exact) mass is 258 g/mol. The van der Waals surface area contributed by atoms with Crippen LogP contribution in [0.5, 0.6) is 11.5 Å². The zero-order valence-corrected chi connectivity index (χ0v) is 11.3. The molecule has 0 radical (unpaired) electrons. The number of methoxy groups -OCH3 is 1. The molecule has 4 heteroatoms. The third kappa shape index (κ3) is 3.51. The van der Waals surface area contributed by atoms with Crippen molar-refractivity contribution >= 4 is 11.6 Å². The van der Waals surface area contributed by atoms with Gasteiger partial charge < -0.3 is 14.6 Å². The number of hydrogen-bond donors (Lipinski definition) is 1. The molecule has 3 nitrogen and oxygen atoms in total. The number of aliphatic hydroxyl groups excluding tert-OH is 1. The van der Waals surface area contributed by atoms with E-state index in [1.165, 1.54) is 0 Å². The van der Waals surface area contributed by atoms with Crippen molar-refractivity contribution in [2.24, 2.45) is 0 Å². The first-order valence-electron chi connectivity index (χ1n) is 5.82. The van der Waals surface area contributed by atoms with E-state index in [4.69, 9.17) is 21.1 Å².